The zero-order valence-corrected chi connectivity index (χ0v) is 11.8. The Morgan fingerprint density at radius 1 is 1.10 bits per heavy atom. The van der Waals surface area contributed by atoms with Gasteiger partial charge in [0.15, 0.2) is 0 Å². The van der Waals surface area contributed by atoms with Gasteiger partial charge in [-0.3, -0.25) is 0 Å². The maximum Gasteiger partial charge on any atom is 0.0956 e. The van der Waals surface area contributed by atoms with E-state index in [-0.39, 0.29) is 6.04 Å². The van der Waals surface area contributed by atoms with Gasteiger partial charge in [0, 0.05) is 23.8 Å². The number of rotatable bonds is 1. The summed E-state index contributed by atoms with van der Waals surface area (Å²) in [6.45, 7) is 0.910. The Bertz CT molecular complexity index is 642. The van der Waals surface area contributed by atoms with Crippen molar-refractivity contribution in [3.63, 3.8) is 0 Å². The highest BCUT2D eigenvalue weighted by Crippen LogP contribution is 2.30. The molecule has 0 spiro atoms. The van der Waals surface area contributed by atoms with Gasteiger partial charge < -0.3 is 10.3 Å². The lowest BCUT2D eigenvalue weighted by Gasteiger charge is -2.21. The van der Waals surface area contributed by atoms with Gasteiger partial charge in [-0.1, -0.05) is 12.1 Å². The van der Waals surface area contributed by atoms with Crippen LogP contribution in [-0.4, -0.2) is 15.6 Å². The van der Waals surface area contributed by atoms with Crippen LogP contribution in [0.1, 0.15) is 36.1 Å². The van der Waals surface area contributed by atoms with Crippen LogP contribution in [0, 0.1) is 0 Å². The number of nitrogens with two attached hydrogens (primary N) is 1. The predicted molar refractivity (Wildman–Crippen MR) is 80.6 cm³/mol. The van der Waals surface area contributed by atoms with Gasteiger partial charge in [-0.25, -0.2) is 4.98 Å². The van der Waals surface area contributed by atoms with Crippen LogP contribution in [0.25, 0.3) is 11.3 Å². The van der Waals surface area contributed by atoms with Crippen LogP contribution in [0.2, 0.25) is 0 Å². The second kappa shape index (κ2) is 4.74. The van der Waals surface area contributed by atoms with Crippen LogP contribution in [0.15, 0.2) is 24.5 Å². The third-order valence-electron chi connectivity index (χ3n) is 4.75. The van der Waals surface area contributed by atoms with Crippen molar-refractivity contribution in [2.24, 2.45) is 5.73 Å². The summed E-state index contributed by atoms with van der Waals surface area (Å²) in [6, 6.07) is 7.21. The highest BCUT2D eigenvalue weighted by Gasteiger charge is 2.20. The van der Waals surface area contributed by atoms with E-state index in [0.717, 1.165) is 19.4 Å². The minimum absolute atomic E-state index is 0.285. The molecule has 2 aliphatic rings. The van der Waals surface area contributed by atoms with Gasteiger partial charge in [0.2, 0.25) is 0 Å². The molecule has 20 heavy (non-hydrogen) atoms. The Hall–Kier alpha value is -1.61. The van der Waals surface area contributed by atoms with E-state index in [1.54, 1.807) is 0 Å². The molecule has 1 aliphatic carbocycles. The molecule has 0 fully saturated rings. The highest BCUT2D eigenvalue weighted by molar-refractivity contribution is 5.64. The van der Waals surface area contributed by atoms with Gasteiger partial charge in [-0.05, 0) is 55.7 Å². The van der Waals surface area contributed by atoms with Gasteiger partial charge in [-0.15, -0.1) is 0 Å². The van der Waals surface area contributed by atoms with Crippen molar-refractivity contribution >= 4 is 0 Å². The molecular weight excluding hydrogens is 246 g/mol. The van der Waals surface area contributed by atoms with Crippen LogP contribution in [0.4, 0.5) is 0 Å². The molecule has 1 unspecified atom stereocenters. The molecule has 3 heteroatoms. The van der Waals surface area contributed by atoms with Crippen molar-refractivity contribution in [3.05, 3.63) is 41.3 Å². The van der Waals surface area contributed by atoms with Gasteiger partial charge in [0.25, 0.3) is 0 Å². The number of hydrogen-bond donors (Lipinski definition) is 1. The molecule has 1 aliphatic heterocycles. The first-order valence-corrected chi connectivity index (χ1v) is 7.73. The SMILES string of the molecule is NC1CCc2c(-c3ccc4c(c3)CCCC4)ncn2C1. The van der Waals surface area contributed by atoms with E-state index in [1.165, 1.54) is 53.8 Å². The standard InChI is InChI=1S/C17H21N3/c18-15-7-8-16-17(19-11-20(16)10-15)14-6-5-12-3-1-2-4-13(12)9-14/h5-6,9,11,15H,1-4,7-8,10,18H2. The Morgan fingerprint density at radius 3 is 2.85 bits per heavy atom. The Labute approximate surface area is 119 Å². The molecule has 0 amide bonds. The Balaban J connectivity index is 1.75. The van der Waals surface area contributed by atoms with Crippen LogP contribution < -0.4 is 5.73 Å². The molecule has 104 valence electrons. The number of benzene rings is 1. The van der Waals surface area contributed by atoms with Crippen LogP contribution >= 0.6 is 0 Å². The molecule has 2 N–H and O–H groups in total. The molecule has 1 aromatic carbocycles. The minimum atomic E-state index is 0.285. The first-order valence-electron chi connectivity index (χ1n) is 7.73. The zero-order valence-electron chi connectivity index (χ0n) is 11.8. The number of imidazole rings is 1. The molecule has 2 aromatic rings. The first kappa shape index (κ1) is 12.2. The average molecular weight is 267 g/mol. The van der Waals surface area contributed by atoms with E-state index in [1.807, 2.05) is 6.33 Å². The normalized spacial score (nSPS) is 21.4. The second-order valence-corrected chi connectivity index (χ2v) is 6.18. The van der Waals surface area contributed by atoms with E-state index in [2.05, 4.69) is 27.8 Å². The first-order chi connectivity index (χ1) is 9.81. The fraction of sp³-hybridized carbons (Fsp3) is 0.471. The van der Waals surface area contributed by atoms with E-state index >= 15 is 0 Å². The number of hydrogen-bond acceptors (Lipinski definition) is 2. The lowest BCUT2D eigenvalue weighted by Crippen LogP contribution is -2.31. The molecule has 2 heterocycles. The van der Waals surface area contributed by atoms with Gasteiger partial charge in [-0.2, -0.15) is 0 Å². The van der Waals surface area contributed by atoms with Crippen molar-refractivity contribution in [1.82, 2.24) is 9.55 Å². The van der Waals surface area contributed by atoms with Crippen LogP contribution in [-0.2, 0) is 25.8 Å². The van der Waals surface area contributed by atoms with Crippen molar-refractivity contribution in [3.8, 4) is 11.3 Å². The zero-order chi connectivity index (χ0) is 13.5. The van der Waals surface area contributed by atoms with E-state index in [9.17, 15) is 0 Å². The van der Waals surface area contributed by atoms with Crippen molar-refractivity contribution in [2.45, 2.75) is 51.1 Å². The molecular formula is C17H21N3. The molecule has 3 nitrogen and oxygen atoms in total. The van der Waals surface area contributed by atoms with E-state index < -0.39 is 0 Å². The predicted octanol–water partition coefficient (Wildman–Crippen LogP) is 2.70. The summed E-state index contributed by atoms with van der Waals surface area (Å²) in [6.07, 6.45) is 9.22. The smallest absolute Gasteiger partial charge is 0.0956 e. The lowest BCUT2D eigenvalue weighted by atomic mass is 9.89. The molecule has 0 bridgehead atoms. The summed E-state index contributed by atoms with van der Waals surface area (Å²) in [7, 11) is 0. The summed E-state index contributed by atoms with van der Waals surface area (Å²) in [4.78, 5) is 4.66. The maximum absolute atomic E-state index is 6.04. The van der Waals surface area contributed by atoms with Crippen LogP contribution in [0.5, 0.6) is 0 Å². The van der Waals surface area contributed by atoms with E-state index in [0.29, 0.717) is 0 Å². The summed E-state index contributed by atoms with van der Waals surface area (Å²) < 4.78 is 2.24. The summed E-state index contributed by atoms with van der Waals surface area (Å²) >= 11 is 0. The third kappa shape index (κ3) is 1.97. The fourth-order valence-electron chi connectivity index (χ4n) is 3.61. The molecule has 4 rings (SSSR count). The van der Waals surface area contributed by atoms with Crippen LogP contribution in [0.3, 0.4) is 0 Å². The lowest BCUT2D eigenvalue weighted by molar-refractivity contribution is 0.461. The fourth-order valence-corrected chi connectivity index (χ4v) is 3.61. The second-order valence-electron chi connectivity index (χ2n) is 6.18. The largest absolute Gasteiger partial charge is 0.332 e. The van der Waals surface area contributed by atoms with Gasteiger partial charge in [0.1, 0.15) is 0 Å². The number of aromatic nitrogens is 2. The molecule has 0 radical (unpaired) electrons. The summed E-state index contributed by atoms with van der Waals surface area (Å²) in [5.41, 5.74) is 12.9. The van der Waals surface area contributed by atoms with E-state index in [4.69, 9.17) is 5.73 Å². The molecule has 1 aromatic heterocycles. The quantitative estimate of drug-likeness (QED) is 0.863. The number of aryl methyl sites for hydroxylation is 2. The van der Waals surface area contributed by atoms with Gasteiger partial charge in [0.05, 0.1) is 12.0 Å². The molecule has 1 atom stereocenters. The molecule has 0 saturated carbocycles. The monoisotopic (exact) mass is 267 g/mol. The average Bonchev–Trinajstić information content (AvgIpc) is 2.89. The van der Waals surface area contributed by atoms with Gasteiger partial charge >= 0.3 is 0 Å². The summed E-state index contributed by atoms with van der Waals surface area (Å²) in [5.74, 6) is 0. The molecule has 0 saturated heterocycles. The van der Waals surface area contributed by atoms with Crippen molar-refractivity contribution in [1.29, 1.82) is 0 Å². The number of nitrogens with zero attached hydrogens (tertiary/aromatic N) is 2. The maximum atomic E-state index is 6.04. The highest BCUT2D eigenvalue weighted by atomic mass is 15.1. The topological polar surface area (TPSA) is 43.8 Å². The van der Waals surface area contributed by atoms with Crippen molar-refractivity contribution in [2.75, 3.05) is 0 Å². The third-order valence-corrected chi connectivity index (χ3v) is 4.75. The Kier molecular flexibility index (Phi) is 2.88. The Morgan fingerprint density at radius 2 is 1.95 bits per heavy atom. The van der Waals surface area contributed by atoms with Crippen molar-refractivity contribution < 1.29 is 0 Å². The minimum Gasteiger partial charge on any atom is -0.332 e. The number of fused-ring (bicyclic) bond motifs is 2. The summed E-state index contributed by atoms with van der Waals surface area (Å²) in [5, 5.41) is 0.